The average molecular weight is 258 g/mol. The SMILES string of the molecule is CC(C(=O)NC(C)(C)C)n1c(CO)n[nH]c1=S. The molecule has 96 valence electrons. The second kappa shape index (κ2) is 4.97. The van der Waals surface area contributed by atoms with Crippen molar-refractivity contribution in [3.05, 3.63) is 10.6 Å². The Balaban J connectivity index is 2.96. The highest BCUT2D eigenvalue weighted by Crippen LogP contribution is 2.12. The Morgan fingerprint density at radius 2 is 2.24 bits per heavy atom. The molecule has 1 heterocycles. The highest BCUT2D eigenvalue weighted by Gasteiger charge is 2.23. The minimum atomic E-state index is -0.511. The molecule has 1 unspecified atom stereocenters. The molecule has 0 saturated heterocycles. The lowest BCUT2D eigenvalue weighted by Crippen LogP contribution is -2.44. The van der Waals surface area contributed by atoms with Gasteiger partial charge in [0.2, 0.25) is 5.91 Å². The topological polar surface area (TPSA) is 82.9 Å². The molecule has 1 aromatic heterocycles. The number of hydrogen-bond donors (Lipinski definition) is 3. The van der Waals surface area contributed by atoms with Gasteiger partial charge in [-0.25, -0.2) is 0 Å². The van der Waals surface area contributed by atoms with Crippen LogP contribution in [0.15, 0.2) is 0 Å². The molecule has 1 atom stereocenters. The maximum absolute atomic E-state index is 12.0. The molecule has 0 aliphatic carbocycles. The Labute approximate surface area is 105 Å². The van der Waals surface area contributed by atoms with Gasteiger partial charge in [0.15, 0.2) is 10.6 Å². The highest BCUT2D eigenvalue weighted by atomic mass is 32.1. The van der Waals surface area contributed by atoms with Crippen LogP contribution in [-0.4, -0.2) is 31.3 Å². The largest absolute Gasteiger partial charge is 0.388 e. The van der Waals surface area contributed by atoms with Gasteiger partial charge in [0.1, 0.15) is 12.6 Å². The van der Waals surface area contributed by atoms with Crippen molar-refractivity contribution in [3.63, 3.8) is 0 Å². The van der Waals surface area contributed by atoms with Crippen molar-refractivity contribution >= 4 is 18.1 Å². The van der Waals surface area contributed by atoms with E-state index in [1.807, 2.05) is 20.8 Å². The molecule has 0 aromatic carbocycles. The molecule has 1 aromatic rings. The first-order chi connectivity index (χ1) is 7.76. The fraction of sp³-hybridized carbons (Fsp3) is 0.700. The predicted octanol–water partition coefficient (Wildman–Crippen LogP) is 0.909. The van der Waals surface area contributed by atoms with E-state index in [4.69, 9.17) is 17.3 Å². The summed E-state index contributed by atoms with van der Waals surface area (Å²) in [6.45, 7) is 7.16. The lowest BCUT2D eigenvalue weighted by molar-refractivity contribution is -0.125. The molecule has 1 amide bonds. The summed E-state index contributed by atoms with van der Waals surface area (Å²) in [5, 5.41) is 18.4. The van der Waals surface area contributed by atoms with E-state index >= 15 is 0 Å². The van der Waals surface area contributed by atoms with Crippen molar-refractivity contribution in [2.75, 3.05) is 0 Å². The smallest absolute Gasteiger partial charge is 0.243 e. The number of nitrogens with one attached hydrogen (secondary N) is 2. The normalized spacial score (nSPS) is 13.5. The van der Waals surface area contributed by atoms with E-state index in [0.717, 1.165) is 0 Å². The third-order valence-corrected chi connectivity index (χ3v) is 2.47. The minimum Gasteiger partial charge on any atom is -0.388 e. The summed E-state index contributed by atoms with van der Waals surface area (Å²) in [6, 6.07) is -0.511. The van der Waals surface area contributed by atoms with E-state index in [2.05, 4.69) is 15.5 Å². The Kier molecular flexibility index (Phi) is 4.05. The number of amides is 1. The predicted molar refractivity (Wildman–Crippen MR) is 65.9 cm³/mol. The first-order valence-corrected chi connectivity index (χ1v) is 5.75. The standard InChI is InChI=1S/C10H18N4O2S/c1-6(8(16)11-10(2,3)4)14-7(5-15)12-13-9(14)17/h6,15H,5H2,1-4H3,(H,11,16)(H,13,17). The Morgan fingerprint density at radius 1 is 1.65 bits per heavy atom. The molecule has 6 nitrogen and oxygen atoms in total. The van der Waals surface area contributed by atoms with Crippen LogP contribution in [0.5, 0.6) is 0 Å². The zero-order valence-electron chi connectivity index (χ0n) is 10.4. The zero-order valence-corrected chi connectivity index (χ0v) is 11.3. The van der Waals surface area contributed by atoms with Crippen LogP contribution in [0.2, 0.25) is 0 Å². The van der Waals surface area contributed by atoms with Gasteiger partial charge in [-0.1, -0.05) is 0 Å². The quantitative estimate of drug-likeness (QED) is 0.704. The third-order valence-electron chi connectivity index (χ3n) is 2.18. The van der Waals surface area contributed by atoms with E-state index in [0.29, 0.717) is 10.6 Å². The highest BCUT2D eigenvalue weighted by molar-refractivity contribution is 7.71. The fourth-order valence-corrected chi connectivity index (χ4v) is 1.75. The van der Waals surface area contributed by atoms with Crippen LogP contribution < -0.4 is 5.32 Å². The number of aromatic amines is 1. The molecule has 17 heavy (non-hydrogen) atoms. The molecule has 0 spiro atoms. The Bertz CT molecular complexity index is 458. The van der Waals surface area contributed by atoms with Crippen LogP contribution in [-0.2, 0) is 11.4 Å². The lowest BCUT2D eigenvalue weighted by atomic mass is 10.1. The first-order valence-electron chi connectivity index (χ1n) is 5.35. The third kappa shape index (κ3) is 3.37. The fourth-order valence-electron chi connectivity index (χ4n) is 1.44. The second-order valence-electron chi connectivity index (χ2n) is 4.89. The Hall–Kier alpha value is -1.21. The minimum absolute atomic E-state index is 0.162. The number of hydrogen-bond acceptors (Lipinski definition) is 4. The number of carbonyl (C=O) groups excluding carboxylic acids is 1. The molecular weight excluding hydrogens is 240 g/mol. The second-order valence-corrected chi connectivity index (χ2v) is 5.28. The average Bonchev–Trinajstić information content (AvgIpc) is 2.55. The van der Waals surface area contributed by atoms with Gasteiger partial charge < -0.3 is 10.4 Å². The van der Waals surface area contributed by atoms with E-state index in [-0.39, 0.29) is 18.1 Å². The molecule has 1 rings (SSSR count). The van der Waals surface area contributed by atoms with Crippen molar-refractivity contribution in [2.24, 2.45) is 0 Å². The molecule has 0 radical (unpaired) electrons. The molecular formula is C10H18N4O2S. The number of H-pyrrole nitrogens is 1. The molecule has 0 aliphatic rings. The van der Waals surface area contributed by atoms with Crippen LogP contribution >= 0.6 is 12.2 Å². The number of aromatic nitrogens is 3. The maximum Gasteiger partial charge on any atom is 0.243 e. The number of aliphatic hydroxyl groups excluding tert-OH is 1. The van der Waals surface area contributed by atoms with E-state index < -0.39 is 6.04 Å². The molecule has 3 N–H and O–H groups in total. The summed E-state index contributed by atoms with van der Waals surface area (Å²) < 4.78 is 1.83. The van der Waals surface area contributed by atoms with Gasteiger partial charge in [0.05, 0.1) is 0 Å². The van der Waals surface area contributed by atoms with E-state index in [1.165, 1.54) is 4.57 Å². The van der Waals surface area contributed by atoms with Gasteiger partial charge in [0.25, 0.3) is 0 Å². The maximum atomic E-state index is 12.0. The summed E-state index contributed by atoms with van der Waals surface area (Å²) >= 11 is 5.03. The van der Waals surface area contributed by atoms with Crippen molar-refractivity contribution in [1.82, 2.24) is 20.1 Å². The van der Waals surface area contributed by atoms with Crippen molar-refractivity contribution in [3.8, 4) is 0 Å². The summed E-state index contributed by atoms with van der Waals surface area (Å²) in [5.74, 6) is 0.191. The van der Waals surface area contributed by atoms with Gasteiger partial charge in [-0.3, -0.25) is 14.5 Å². The first kappa shape index (κ1) is 13.9. The van der Waals surface area contributed by atoms with Crippen LogP contribution in [0.25, 0.3) is 0 Å². The number of carbonyl (C=O) groups is 1. The van der Waals surface area contributed by atoms with E-state index in [1.54, 1.807) is 6.92 Å². The molecule has 7 heteroatoms. The van der Waals surface area contributed by atoms with Crippen LogP contribution in [0.1, 0.15) is 39.6 Å². The van der Waals surface area contributed by atoms with Gasteiger partial charge >= 0.3 is 0 Å². The summed E-state index contributed by atoms with van der Waals surface area (Å²) in [5.41, 5.74) is -0.309. The summed E-state index contributed by atoms with van der Waals surface area (Å²) in [4.78, 5) is 12.0. The molecule has 0 saturated carbocycles. The molecule has 0 aliphatic heterocycles. The van der Waals surface area contributed by atoms with Crippen molar-refractivity contribution < 1.29 is 9.90 Å². The van der Waals surface area contributed by atoms with Crippen LogP contribution in [0.4, 0.5) is 0 Å². The Morgan fingerprint density at radius 3 is 2.71 bits per heavy atom. The van der Waals surface area contributed by atoms with Crippen LogP contribution in [0.3, 0.4) is 0 Å². The summed E-state index contributed by atoms with van der Waals surface area (Å²) in [7, 11) is 0. The van der Waals surface area contributed by atoms with Crippen molar-refractivity contribution in [2.45, 2.75) is 45.9 Å². The van der Waals surface area contributed by atoms with Gasteiger partial charge in [-0.2, -0.15) is 5.10 Å². The van der Waals surface area contributed by atoms with Crippen molar-refractivity contribution in [1.29, 1.82) is 0 Å². The summed E-state index contributed by atoms with van der Waals surface area (Å²) in [6.07, 6.45) is 0. The van der Waals surface area contributed by atoms with Gasteiger partial charge in [0, 0.05) is 5.54 Å². The molecule has 0 fully saturated rings. The lowest BCUT2D eigenvalue weighted by Gasteiger charge is -2.24. The number of rotatable bonds is 3. The monoisotopic (exact) mass is 258 g/mol. The number of nitrogens with zero attached hydrogens (tertiary/aromatic N) is 2. The van der Waals surface area contributed by atoms with Gasteiger partial charge in [-0.05, 0) is 39.9 Å². The zero-order chi connectivity index (χ0) is 13.2. The van der Waals surface area contributed by atoms with Gasteiger partial charge in [-0.15, -0.1) is 0 Å². The van der Waals surface area contributed by atoms with Crippen LogP contribution in [0, 0.1) is 4.77 Å². The van der Waals surface area contributed by atoms with E-state index in [9.17, 15) is 4.79 Å². The molecule has 0 bridgehead atoms. The number of aliphatic hydroxyl groups is 1.